The molecule has 0 radical (unpaired) electrons. The highest BCUT2D eigenvalue weighted by atomic mass is 19.1. The fourth-order valence-electron chi connectivity index (χ4n) is 1.67. The van der Waals surface area contributed by atoms with E-state index in [2.05, 4.69) is 0 Å². The Morgan fingerprint density at radius 1 is 1.12 bits per heavy atom. The van der Waals surface area contributed by atoms with Gasteiger partial charge in [0.05, 0.1) is 18.7 Å². The number of para-hydroxylation sites is 1. The molecule has 2 aromatic carbocycles. The lowest BCUT2D eigenvalue weighted by Gasteiger charge is -2.09. The summed E-state index contributed by atoms with van der Waals surface area (Å²) in [5, 5.41) is 8.68. The third kappa shape index (κ3) is 2.11. The van der Waals surface area contributed by atoms with E-state index in [1.807, 2.05) is 18.2 Å². The third-order valence-corrected chi connectivity index (χ3v) is 2.50. The first-order valence-electron chi connectivity index (χ1n) is 5.09. The molecule has 0 aliphatic heterocycles. The number of hydrogen-bond donors (Lipinski definition) is 0. The van der Waals surface area contributed by atoms with Crippen molar-refractivity contribution >= 4 is 0 Å². The van der Waals surface area contributed by atoms with Crippen molar-refractivity contribution in [1.82, 2.24) is 0 Å². The lowest BCUT2D eigenvalue weighted by molar-refractivity contribution is 0.416. The topological polar surface area (TPSA) is 33.0 Å². The molecule has 0 spiro atoms. The molecule has 0 aromatic heterocycles. The minimum atomic E-state index is -0.423. The van der Waals surface area contributed by atoms with Gasteiger partial charge in [0.1, 0.15) is 11.6 Å². The Kier molecular flexibility index (Phi) is 3.06. The molecule has 3 heteroatoms. The number of halogens is 1. The quantitative estimate of drug-likeness (QED) is 0.788. The molecule has 0 bridgehead atoms. The number of ether oxygens (including phenoxy) is 1. The van der Waals surface area contributed by atoms with Gasteiger partial charge in [-0.3, -0.25) is 0 Å². The average molecular weight is 227 g/mol. The largest absolute Gasteiger partial charge is 0.496 e. The molecule has 2 aromatic rings. The van der Waals surface area contributed by atoms with Gasteiger partial charge in [-0.25, -0.2) is 4.39 Å². The highest BCUT2D eigenvalue weighted by Gasteiger charge is 2.10. The molecule has 0 amide bonds. The zero-order valence-corrected chi connectivity index (χ0v) is 9.27. The van der Waals surface area contributed by atoms with Gasteiger partial charge in [0.2, 0.25) is 0 Å². The number of nitrogens with zero attached hydrogens (tertiary/aromatic N) is 1. The summed E-state index contributed by atoms with van der Waals surface area (Å²) in [6.45, 7) is 0. The Morgan fingerprint density at radius 2 is 1.88 bits per heavy atom. The van der Waals surface area contributed by atoms with Crippen LogP contribution >= 0.6 is 0 Å². The molecule has 2 nitrogen and oxygen atoms in total. The molecule has 0 fully saturated rings. The van der Waals surface area contributed by atoms with Gasteiger partial charge in [-0.1, -0.05) is 18.2 Å². The number of benzene rings is 2. The Morgan fingerprint density at radius 3 is 2.53 bits per heavy atom. The van der Waals surface area contributed by atoms with E-state index in [9.17, 15) is 4.39 Å². The fourth-order valence-corrected chi connectivity index (χ4v) is 1.67. The van der Waals surface area contributed by atoms with Crippen molar-refractivity contribution in [3.63, 3.8) is 0 Å². The molecular weight excluding hydrogens is 217 g/mol. The molecule has 0 heterocycles. The molecular formula is C14H10FNO. The monoisotopic (exact) mass is 227 g/mol. The average Bonchev–Trinajstić information content (AvgIpc) is 2.38. The SMILES string of the molecule is COc1ccccc1-c1ccc(C#N)cc1F. The molecule has 0 unspecified atom stereocenters. The summed E-state index contributed by atoms with van der Waals surface area (Å²) in [5.74, 6) is 0.185. The Balaban J connectivity index is 2.57. The third-order valence-electron chi connectivity index (χ3n) is 2.50. The van der Waals surface area contributed by atoms with Crippen LogP contribution in [0.5, 0.6) is 5.75 Å². The van der Waals surface area contributed by atoms with Crippen LogP contribution in [0.3, 0.4) is 0 Å². The van der Waals surface area contributed by atoms with E-state index in [0.29, 0.717) is 22.4 Å². The summed E-state index contributed by atoms with van der Waals surface area (Å²) in [6.07, 6.45) is 0. The summed E-state index contributed by atoms with van der Waals surface area (Å²) in [4.78, 5) is 0. The van der Waals surface area contributed by atoms with Crippen LogP contribution in [0.4, 0.5) is 4.39 Å². The summed E-state index contributed by atoms with van der Waals surface area (Å²) in [7, 11) is 1.54. The molecule has 0 saturated carbocycles. The van der Waals surface area contributed by atoms with Gasteiger partial charge in [0.25, 0.3) is 0 Å². The minimum absolute atomic E-state index is 0.307. The van der Waals surface area contributed by atoms with Gasteiger partial charge in [-0.2, -0.15) is 5.26 Å². The van der Waals surface area contributed by atoms with Gasteiger partial charge < -0.3 is 4.74 Å². The van der Waals surface area contributed by atoms with Crippen LogP contribution in [0.2, 0.25) is 0 Å². The Bertz CT molecular complexity index is 587. The van der Waals surface area contributed by atoms with E-state index in [-0.39, 0.29) is 0 Å². The van der Waals surface area contributed by atoms with Crippen LogP contribution < -0.4 is 4.74 Å². The fraction of sp³-hybridized carbons (Fsp3) is 0.0714. The lowest BCUT2D eigenvalue weighted by atomic mass is 10.0. The van der Waals surface area contributed by atoms with Crippen LogP contribution in [-0.4, -0.2) is 7.11 Å². The molecule has 0 aliphatic carbocycles. The minimum Gasteiger partial charge on any atom is -0.496 e. The van der Waals surface area contributed by atoms with Crippen molar-refractivity contribution in [2.45, 2.75) is 0 Å². The maximum absolute atomic E-state index is 13.8. The van der Waals surface area contributed by atoms with Crippen LogP contribution in [0.25, 0.3) is 11.1 Å². The molecule has 0 N–H and O–H groups in total. The van der Waals surface area contributed by atoms with Crippen LogP contribution in [-0.2, 0) is 0 Å². The molecule has 84 valence electrons. The maximum atomic E-state index is 13.8. The Hall–Kier alpha value is -2.34. The van der Waals surface area contributed by atoms with Gasteiger partial charge >= 0.3 is 0 Å². The standard InChI is InChI=1S/C14H10FNO/c1-17-14-5-3-2-4-12(14)11-7-6-10(9-16)8-13(11)15/h2-8H,1H3. The predicted molar refractivity (Wildman–Crippen MR) is 63.1 cm³/mol. The van der Waals surface area contributed by atoms with Crippen molar-refractivity contribution < 1.29 is 9.13 Å². The predicted octanol–water partition coefficient (Wildman–Crippen LogP) is 3.37. The van der Waals surface area contributed by atoms with E-state index in [4.69, 9.17) is 10.00 Å². The van der Waals surface area contributed by atoms with Crippen LogP contribution in [0, 0.1) is 17.1 Å². The highest BCUT2D eigenvalue weighted by molar-refractivity contribution is 5.71. The van der Waals surface area contributed by atoms with Crippen molar-refractivity contribution in [3.05, 3.63) is 53.8 Å². The Labute approximate surface area is 98.9 Å². The van der Waals surface area contributed by atoms with E-state index in [1.54, 1.807) is 31.4 Å². The molecule has 17 heavy (non-hydrogen) atoms. The van der Waals surface area contributed by atoms with Gasteiger partial charge in [0, 0.05) is 11.1 Å². The first kappa shape index (κ1) is 11.2. The molecule has 0 atom stereocenters. The van der Waals surface area contributed by atoms with Crippen molar-refractivity contribution in [1.29, 1.82) is 5.26 Å². The molecule has 0 aliphatic rings. The van der Waals surface area contributed by atoms with Crippen LogP contribution in [0.15, 0.2) is 42.5 Å². The number of rotatable bonds is 2. The van der Waals surface area contributed by atoms with Crippen molar-refractivity contribution in [2.75, 3.05) is 7.11 Å². The summed E-state index contributed by atoms with van der Waals surface area (Å²) in [5.41, 5.74) is 1.42. The second-order valence-electron chi connectivity index (χ2n) is 3.51. The summed E-state index contributed by atoms with van der Waals surface area (Å²) >= 11 is 0. The van der Waals surface area contributed by atoms with E-state index in [1.165, 1.54) is 6.07 Å². The number of hydrogen-bond acceptors (Lipinski definition) is 2. The molecule has 2 rings (SSSR count). The van der Waals surface area contributed by atoms with Gasteiger partial charge in [-0.05, 0) is 24.3 Å². The van der Waals surface area contributed by atoms with Crippen molar-refractivity contribution in [2.24, 2.45) is 0 Å². The number of nitriles is 1. The summed E-state index contributed by atoms with van der Waals surface area (Å²) < 4.78 is 19.0. The lowest BCUT2D eigenvalue weighted by Crippen LogP contribution is -1.90. The maximum Gasteiger partial charge on any atom is 0.132 e. The first-order chi connectivity index (χ1) is 8.26. The smallest absolute Gasteiger partial charge is 0.132 e. The second kappa shape index (κ2) is 4.67. The molecule has 0 saturated heterocycles. The van der Waals surface area contributed by atoms with E-state index < -0.39 is 5.82 Å². The highest BCUT2D eigenvalue weighted by Crippen LogP contribution is 2.31. The van der Waals surface area contributed by atoms with Gasteiger partial charge in [-0.15, -0.1) is 0 Å². The zero-order valence-electron chi connectivity index (χ0n) is 9.27. The van der Waals surface area contributed by atoms with Crippen molar-refractivity contribution in [3.8, 4) is 22.9 Å². The van der Waals surface area contributed by atoms with E-state index in [0.717, 1.165) is 0 Å². The zero-order chi connectivity index (χ0) is 12.3. The normalized spacial score (nSPS) is 9.71. The second-order valence-corrected chi connectivity index (χ2v) is 3.51. The van der Waals surface area contributed by atoms with Gasteiger partial charge in [0.15, 0.2) is 0 Å². The summed E-state index contributed by atoms with van der Waals surface area (Å²) in [6, 6.07) is 13.5. The first-order valence-corrected chi connectivity index (χ1v) is 5.09. The number of methoxy groups -OCH3 is 1. The van der Waals surface area contributed by atoms with Crippen LogP contribution in [0.1, 0.15) is 5.56 Å². The van der Waals surface area contributed by atoms with E-state index >= 15 is 0 Å².